The first kappa shape index (κ1) is 11.7. The summed E-state index contributed by atoms with van der Waals surface area (Å²) in [5, 5.41) is 14.2. The molecule has 0 bridgehead atoms. The lowest BCUT2D eigenvalue weighted by molar-refractivity contribution is -0.384. The zero-order valence-corrected chi connectivity index (χ0v) is 9.81. The summed E-state index contributed by atoms with van der Waals surface area (Å²) in [5.41, 5.74) is 0.666. The van der Waals surface area contributed by atoms with Crippen LogP contribution in [0.25, 0.3) is 0 Å². The molecule has 1 saturated carbocycles. The van der Waals surface area contributed by atoms with Crippen LogP contribution >= 0.6 is 0 Å². The third kappa shape index (κ3) is 2.67. The van der Waals surface area contributed by atoms with Crippen LogP contribution in [0.4, 0.5) is 11.4 Å². The summed E-state index contributed by atoms with van der Waals surface area (Å²) >= 11 is 0. The number of anilines is 1. The molecule has 1 N–H and O–H groups in total. The molecule has 0 atom stereocenters. The molecule has 0 saturated heterocycles. The van der Waals surface area contributed by atoms with Gasteiger partial charge in [0, 0.05) is 6.04 Å². The lowest BCUT2D eigenvalue weighted by atomic mass is 10.2. The highest BCUT2D eigenvalue weighted by molar-refractivity contribution is 5.64. The first-order valence-corrected chi connectivity index (χ1v) is 5.79. The van der Waals surface area contributed by atoms with Crippen LogP contribution in [0.2, 0.25) is 0 Å². The molecule has 5 nitrogen and oxygen atoms in total. The van der Waals surface area contributed by atoms with Gasteiger partial charge >= 0.3 is 0 Å². The Morgan fingerprint density at radius 1 is 1.41 bits per heavy atom. The molecule has 2 rings (SSSR count). The van der Waals surface area contributed by atoms with Crippen LogP contribution in [0.15, 0.2) is 18.2 Å². The summed E-state index contributed by atoms with van der Waals surface area (Å²) in [6, 6.07) is 5.28. The van der Waals surface area contributed by atoms with Gasteiger partial charge in [-0.05, 0) is 25.0 Å². The summed E-state index contributed by atoms with van der Waals surface area (Å²) in [6.45, 7) is 0. The number of methoxy groups -OCH3 is 1. The molecule has 92 valence electrons. The maximum Gasteiger partial charge on any atom is 0.296 e. The van der Waals surface area contributed by atoms with E-state index in [9.17, 15) is 10.1 Å². The molecule has 17 heavy (non-hydrogen) atoms. The molecule has 0 amide bonds. The Kier molecular flexibility index (Phi) is 3.46. The first-order valence-electron chi connectivity index (χ1n) is 5.79. The molecule has 1 aromatic carbocycles. The molecular weight excluding hydrogens is 220 g/mol. The number of ether oxygens (including phenoxy) is 1. The van der Waals surface area contributed by atoms with E-state index in [0.717, 1.165) is 12.8 Å². The van der Waals surface area contributed by atoms with Gasteiger partial charge in [-0.2, -0.15) is 0 Å². The van der Waals surface area contributed by atoms with Gasteiger partial charge in [-0.3, -0.25) is 10.1 Å². The number of nitrogens with zero attached hydrogens (tertiary/aromatic N) is 1. The maximum atomic E-state index is 11.0. The second-order valence-electron chi connectivity index (χ2n) is 4.27. The second-order valence-corrected chi connectivity index (χ2v) is 4.27. The Morgan fingerprint density at radius 3 is 2.71 bits per heavy atom. The molecule has 5 heteroatoms. The molecule has 0 aromatic heterocycles. The van der Waals surface area contributed by atoms with Crippen LogP contribution < -0.4 is 10.1 Å². The van der Waals surface area contributed by atoms with E-state index in [1.807, 2.05) is 0 Å². The minimum Gasteiger partial charge on any atom is -0.496 e. The lowest BCUT2D eigenvalue weighted by Gasteiger charge is -2.13. The standard InChI is InChI=1S/C12H16N2O3/c1-17-10-6-7-11(12(8-10)14(15)16)13-9-4-2-3-5-9/h6-9,13H,2-5H2,1H3. The predicted octanol–water partition coefficient (Wildman–Crippen LogP) is 2.96. The Morgan fingerprint density at radius 2 is 2.12 bits per heavy atom. The average molecular weight is 236 g/mol. The van der Waals surface area contributed by atoms with Crippen molar-refractivity contribution in [3.8, 4) is 5.75 Å². The van der Waals surface area contributed by atoms with Gasteiger partial charge in [-0.1, -0.05) is 12.8 Å². The second kappa shape index (κ2) is 5.03. The van der Waals surface area contributed by atoms with Crippen molar-refractivity contribution in [3.63, 3.8) is 0 Å². The topological polar surface area (TPSA) is 64.4 Å². The van der Waals surface area contributed by atoms with Crippen molar-refractivity contribution in [2.75, 3.05) is 12.4 Å². The van der Waals surface area contributed by atoms with E-state index in [4.69, 9.17) is 4.74 Å². The number of benzene rings is 1. The Hall–Kier alpha value is -1.78. The van der Waals surface area contributed by atoms with E-state index in [1.165, 1.54) is 26.0 Å². The van der Waals surface area contributed by atoms with Gasteiger partial charge in [-0.15, -0.1) is 0 Å². The summed E-state index contributed by atoms with van der Waals surface area (Å²) in [4.78, 5) is 10.6. The number of rotatable bonds is 4. The molecule has 1 aliphatic rings. The Bertz CT molecular complexity index is 414. The van der Waals surface area contributed by atoms with Crippen molar-refractivity contribution in [2.45, 2.75) is 31.7 Å². The fraction of sp³-hybridized carbons (Fsp3) is 0.500. The minimum atomic E-state index is -0.375. The van der Waals surface area contributed by atoms with Crippen molar-refractivity contribution in [2.24, 2.45) is 0 Å². The number of hydrogen-bond donors (Lipinski definition) is 1. The molecule has 0 heterocycles. The van der Waals surface area contributed by atoms with Gasteiger partial charge in [0.2, 0.25) is 0 Å². The van der Waals surface area contributed by atoms with Gasteiger partial charge in [-0.25, -0.2) is 0 Å². The van der Waals surface area contributed by atoms with Gasteiger partial charge in [0.1, 0.15) is 11.4 Å². The molecule has 0 aliphatic heterocycles. The summed E-state index contributed by atoms with van der Waals surface area (Å²) in [7, 11) is 1.50. The predicted molar refractivity (Wildman–Crippen MR) is 65.5 cm³/mol. The SMILES string of the molecule is COc1ccc(NC2CCCC2)c([N+](=O)[O-])c1. The lowest BCUT2D eigenvalue weighted by Crippen LogP contribution is -2.15. The van der Waals surface area contributed by atoms with Crippen LogP contribution in [0.1, 0.15) is 25.7 Å². The highest BCUT2D eigenvalue weighted by Crippen LogP contribution is 2.31. The largest absolute Gasteiger partial charge is 0.496 e. The summed E-state index contributed by atoms with van der Waals surface area (Å²) in [6.07, 6.45) is 4.57. The first-order chi connectivity index (χ1) is 8.20. The highest BCUT2D eigenvalue weighted by atomic mass is 16.6. The van der Waals surface area contributed by atoms with Crippen molar-refractivity contribution < 1.29 is 9.66 Å². The van der Waals surface area contributed by atoms with E-state index in [0.29, 0.717) is 17.5 Å². The molecule has 1 aliphatic carbocycles. The molecule has 1 aromatic rings. The quantitative estimate of drug-likeness (QED) is 0.644. The van der Waals surface area contributed by atoms with Crippen LogP contribution in [0, 0.1) is 10.1 Å². The van der Waals surface area contributed by atoms with Crippen LogP contribution in [-0.2, 0) is 0 Å². The summed E-state index contributed by atoms with van der Waals surface area (Å²) < 4.78 is 5.00. The smallest absolute Gasteiger partial charge is 0.296 e. The normalized spacial score (nSPS) is 15.8. The van der Waals surface area contributed by atoms with E-state index >= 15 is 0 Å². The van der Waals surface area contributed by atoms with Crippen molar-refractivity contribution in [1.29, 1.82) is 0 Å². The molecular formula is C12H16N2O3. The fourth-order valence-corrected chi connectivity index (χ4v) is 2.20. The number of nitro benzene ring substituents is 1. The molecule has 0 unspecified atom stereocenters. The maximum absolute atomic E-state index is 11.0. The van der Waals surface area contributed by atoms with Crippen molar-refractivity contribution in [3.05, 3.63) is 28.3 Å². The number of nitrogens with one attached hydrogen (secondary N) is 1. The Balaban J connectivity index is 2.22. The van der Waals surface area contributed by atoms with Gasteiger partial charge < -0.3 is 10.1 Å². The molecule has 0 radical (unpaired) electrons. The van der Waals surface area contributed by atoms with Gasteiger partial charge in [0.15, 0.2) is 0 Å². The molecule has 1 fully saturated rings. The van der Waals surface area contributed by atoms with Crippen molar-refractivity contribution >= 4 is 11.4 Å². The zero-order valence-electron chi connectivity index (χ0n) is 9.81. The fourth-order valence-electron chi connectivity index (χ4n) is 2.20. The monoisotopic (exact) mass is 236 g/mol. The summed E-state index contributed by atoms with van der Waals surface area (Å²) in [5.74, 6) is 0.508. The van der Waals surface area contributed by atoms with E-state index in [2.05, 4.69) is 5.32 Å². The highest BCUT2D eigenvalue weighted by Gasteiger charge is 2.20. The zero-order chi connectivity index (χ0) is 12.3. The minimum absolute atomic E-state index is 0.0799. The van der Waals surface area contributed by atoms with E-state index < -0.39 is 0 Å². The van der Waals surface area contributed by atoms with Crippen LogP contribution in [0.3, 0.4) is 0 Å². The Labute approximate surface area is 99.9 Å². The van der Waals surface area contributed by atoms with Crippen molar-refractivity contribution in [1.82, 2.24) is 0 Å². The molecule has 0 spiro atoms. The average Bonchev–Trinajstić information content (AvgIpc) is 2.82. The third-order valence-electron chi connectivity index (χ3n) is 3.12. The van der Waals surface area contributed by atoms with Gasteiger partial charge in [0.25, 0.3) is 5.69 Å². The van der Waals surface area contributed by atoms with E-state index in [1.54, 1.807) is 12.1 Å². The van der Waals surface area contributed by atoms with Crippen LogP contribution in [-0.4, -0.2) is 18.1 Å². The van der Waals surface area contributed by atoms with E-state index in [-0.39, 0.29) is 10.6 Å². The third-order valence-corrected chi connectivity index (χ3v) is 3.12. The number of hydrogen-bond acceptors (Lipinski definition) is 4. The van der Waals surface area contributed by atoms with Gasteiger partial charge in [0.05, 0.1) is 18.1 Å². The van der Waals surface area contributed by atoms with Crippen LogP contribution in [0.5, 0.6) is 5.75 Å². The number of nitro groups is 1.